The van der Waals surface area contributed by atoms with Crippen LogP contribution in [0.2, 0.25) is 0 Å². The second-order valence-electron chi connectivity index (χ2n) is 7.82. The van der Waals surface area contributed by atoms with E-state index in [2.05, 4.69) is 28.8 Å². The highest BCUT2D eigenvalue weighted by atomic mass is 35.5. The van der Waals surface area contributed by atoms with Crippen LogP contribution in [-0.4, -0.2) is 12.4 Å². The number of ketones is 1. The zero-order valence-corrected chi connectivity index (χ0v) is 19.5. The predicted octanol–water partition coefficient (Wildman–Crippen LogP) is 3.36. The number of halogens is 4. The SMILES string of the molecule is O=C(c1ccc(OCCC[n+]2ccc(-c3ccccc3)cc2)cc1)c1ccc(C(F)(F)F)cc1.[Cl-]. The molecule has 7 heteroatoms. The molecule has 0 spiro atoms. The summed E-state index contributed by atoms with van der Waals surface area (Å²) in [6.45, 7) is 1.32. The van der Waals surface area contributed by atoms with E-state index in [1.807, 2.05) is 30.6 Å². The molecule has 35 heavy (non-hydrogen) atoms. The van der Waals surface area contributed by atoms with Gasteiger partial charge in [0.1, 0.15) is 5.75 Å². The van der Waals surface area contributed by atoms with Crippen molar-refractivity contribution in [1.29, 1.82) is 0 Å². The maximum atomic E-state index is 12.7. The van der Waals surface area contributed by atoms with Gasteiger partial charge >= 0.3 is 6.18 Å². The van der Waals surface area contributed by atoms with Crippen molar-refractivity contribution in [3.05, 3.63) is 120 Å². The summed E-state index contributed by atoms with van der Waals surface area (Å²) in [5.74, 6) is 0.295. The molecule has 0 aliphatic heterocycles. The number of aryl methyl sites for hydroxylation is 1. The first-order valence-electron chi connectivity index (χ1n) is 10.9. The van der Waals surface area contributed by atoms with E-state index in [1.54, 1.807) is 24.3 Å². The molecule has 0 amide bonds. The Bertz CT molecular complexity index is 1220. The molecule has 1 aromatic heterocycles. The van der Waals surface area contributed by atoms with Gasteiger partial charge in [0, 0.05) is 29.7 Å². The molecule has 0 unspecified atom stereocenters. The van der Waals surface area contributed by atoms with Gasteiger partial charge in [-0.3, -0.25) is 4.79 Å². The molecule has 4 rings (SSSR count). The molecule has 3 aromatic carbocycles. The van der Waals surface area contributed by atoms with Gasteiger partial charge in [0.2, 0.25) is 0 Å². The number of pyridine rings is 1. The van der Waals surface area contributed by atoms with Crippen LogP contribution in [0.5, 0.6) is 5.75 Å². The van der Waals surface area contributed by atoms with E-state index in [1.165, 1.54) is 23.3 Å². The van der Waals surface area contributed by atoms with Crippen molar-refractivity contribution in [2.24, 2.45) is 0 Å². The van der Waals surface area contributed by atoms with E-state index in [0.29, 0.717) is 17.9 Å². The van der Waals surface area contributed by atoms with Crippen molar-refractivity contribution in [2.75, 3.05) is 6.61 Å². The van der Waals surface area contributed by atoms with Crippen molar-refractivity contribution in [3.63, 3.8) is 0 Å². The topological polar surface area (TPSA) is 30.2 Å². The summed E-state index contributed by atoms with van der Waals surface area (Å²) in [6, 6.07) is 25.2. The number of ether oxygens (including phenoxy) is 1. The highest BCUT2D eigenvalue weighted by molar-refractivity contribution is 6.09. The third kappa shape index (κ3) is 6.93. The summed E-state index contributed by atoms with van der Waals surface area (Å²) in [6.07, 6.45) is 0.472. The average molecular weight is 498 g/mol. The van der Waals surface area contributed by atoms with Gasteiger partial charge < -0.3 is 17.1 Å². The Morgan fingerprint density at radius 1 is 0.743 bits per heavy atom. The molecule has 1 heterocycles. The monoisotopic (exact) mass is 497 g/mol. The number of aromatic nitrogens is 1. The van der Waals surface area contributed by atoms with E-state index in [9.17, 15) is 18.0 Å². The lowest BCUT2D eigenvalue weighted by atomic mass is 10.0. The van der Waals surface area contributed by atoms with Gasteiger partial charge in [0.25, 0.3) is 0 Å². The van der Waals surface area contributed by atoms with Gasteiger partial charge in [-0.2, -0.15) is 13.2 Å². The lowest BCUT2D eigenvalue weighted by Crippen LogP contribution is -3.00. The fourth-order valence-corrected chi connectivity index (χ4v) is 3.55. The molecule has 0 radical (unpaired) electrons. The van der Waals surface area contributed by atoms with Crippen molar-refractivity contribution in [1.82, 2.24) is 0 Å². The van der Waals surface area contributed by atoms with E-state index in [-0.39, 0.29) is 23.8 Å². The normalized spacial score (nSPS) is 10.9. The van der Waals surface area contributed by atoms with Gasteiger partial charge in [0.15, 0.2) is 24.7 Å². The lowest BCUT2D eigenvalue weighted by molar-refractivity contribution is -0.697. The summed E-state index contributed by atoms with van der Waals surface area (Å²) in [5, 5.41) is 0. The Labute approximate surface area is 208 Å². The van der Waals surface area contributed by atoms with Crippen LogP contribution in [-0.2, 0) is 12.7 Å². The van der Waals surface area contributed by atoms with Crippen LogP contribution in [0.3, 0.4) is 0 Å². The fourth-order valence-electron chi connectivity index (χ4n) is 3.55. The van der Waals surface area contributed by atoms with Crippen molar-refractivity contribution in [2.45, 2.75) is 19.1 Å². The Balaban J connectivity index is 0.00000342. The summed E-state index contributed by atoms with van der Waals surface area (Å²) in [4.78, 5) is 12.5. The smallest absolute Gasteiger partial charge is 0.416 e. The standard InChI is InChI=1S/C28H23F3NO2.ClH/c29-28(30,31)25-11-7-23(8-12-25)27(33)24-9-13-26(14-10-24)34-20-4-17-32-18-15-22(16-19-32)21-5-2-1-3-6-21;/h1-3,5-16,18-19H,4,17,20H2;1H/q+1;/p-1. The number of carbonyl (C=O) groups excluding carboxylic acids is 1. The van der Waals surface area contributed by atoms with Crippen LogP contribution >= 0.6 is 0 Å². The third-order valence-corrected chi connectivity index (χ3v) is 5.42. The molecule has 0 atom stereocenters. The zero-order chi connectivity index (χ0) is 24.0. The van der Waals surface area contributed by atoms with E-state index >= 15 is 0 Å². The number of nitrogens with zero attached hydrogens (tertiary/aromatic N) is 1. The largest absolute Gasteiger partial charge is 1.00 e. The maximum Gasteiger partial charge on any atom is 0.416 e. The Morgan fingerprint density at radius 2 is 1.29 bits per heavy atom. The van der Waals surface area contributed by atoms with Crippen LogP contribution in [0.25, 0.3) is 11.1 Å². The highest BCUT2D eigenvalue weighted by Gasteiger charge is 2.30. The molecule has 0 aliphatic carbocycles. The minimum Gasteiger partial charge on any atom is -1.00 e. The highest BCUT2D eigenvalue weighted by Crippen LogP contribution is 2.29. The summed E-state index contributed by atoms with van der Waals surface area (Å²) >= 11 is 0. The third-order valence-electron chi connectivity index (χ3n) is 5.42. The van der Waals surface area contributed by atoms with Gasteiger partial charge in [-0.1, -0.05) is 42.5 Å². The van der Waals surface area contributed by atoms with Gasteiger partial charge in [-0.05, 0) is 47.5 Å². The van der Waals surface area contributed by atoms with Crippen LogP contribution in [0.1, 0.15) is 27.9 Å². The number of benzene rings is 3. The van der Waals surface area contributed by atoms with Gasteiger partial charge in [-0.15, -0.1) is 0 Å². The minimum atomic E-state index is -4.43. The molecular weight excluding hydrogens is 475 g/mol. The van der Waals surface area contributed by atoms with Crippen LogP contribution in [0.4, 0.5) is 13.2 Å². The Kier molecular flexibility index (Phi) is 8.66. The molecule has 0 N–H and O–H groups in total. The number of carbonyl (C=O) groups is 1. The Hall–Kier alpha value is -3.64. The van der Waals surface area contributed by atoms with Crippen LogP contribution < -0.4 is 21.7 Å². The molecule has 0 bridgehead atoms. The van der Waals surface area contributed by atoms with Crippen molar-refractivity contribution >= 4 is 5.78 Å². The Morgan fingerprint density at radius 3 is 1.86 bits per heavy atom. The van der Waals surface area contributed by atoms with E-state index in [4.69, 9.17) is 4.74 Å². The number of alkyl halides is 3. The predicted molar refractivity (Wildman–Crippen MR) is 124 cm³/mol. The minimum absolute atomic E-state index is 0. The number of rotatable bonds is 8. The molecule has 0 fully saturated rings. The fraction of sp³-hybridized carbons (Fsp3) is 0.143. The van der Waals surface area contributed by atoms with E-state index < -0.39 is 11.7 Å². The van der Waals surface area contributed by atoms with Crippen molar-refractivity contribution in [3.8, 4) is 16.9 Å². The van der Waals surface area contributed by atoms with Crippen LogP contribution in [0.15, 0.2) is 103 Å². The maximum absolute atomic E-state index is 12.7. The molecule has 0 aliphatic rings. The number of hydrogen-bond donors (Lipinski definition) is 0. The zero-order valence-electron chi connectivity index (χ0n) is 18.7. The molecule has 0 saturated carbocycles. The molecule has 180 valence electrons. The molecule has 4 aromatic rings. The quantitative estimate of drug-likeness (QED) is 0.212. The number of hydrogen-bond acceptors (Lipinski definition) is 2. The van der Waals surface area contributed by atoms with Gasteiger partial charge in [0.05, 0.1) is 12.2 Å². The lowest BCUT2D eigenvalue weighted by Gasteiger charge is -2.08. The molecule has 0 saturated heterocycles. The second kappa shape index (κ2) is 11.7. The summed E-state index contributed by atoms with van der Waals surface area (Å²) in [5.41, 5.74) is 2.16. The molecule has 3 nitrogen and oxygen atoms in total. The summed E-state index contributed by atoms with van der Waals surface area (Å²) < 4.78 is 45.9. The first-order chi connectivity index (χ1) is 16.4. The van der Waals surface area contributed by atoms with Crippen molar-refractivity contribution < 1.29 is 39.7 Å². The second-order valence-corrected chi connectivity index (χ2v) is 7.82. The van der Waals surface area contributed by atoms with Crippen LogP contribution in [0, 0.1) is 0 Å². The first-order valence-corrected chi connectivity index (χ1v) is 10.9. The van der Waals surface area contributed by atoms with E-state index in [0.717, 1.165) is 25.1 Å². The van der Waals surface area contributed by atoms with Gasteiger partial charge in [-0.25, -0.2) is 4.57 Å². The average Bonchev–Trinajstić information content (AvgIpc) is 2.87. The molecular formula is C28H23ClF3NO2. The first kappa shape index (κ1) is 26.0. The summed E-state index contributed by atoms with van der Waals surface area (Å²) in [7, 11) is 0.